The van der Waals surface area contributed by atoms with Gasteiger partial charge in [0.05, 0.1) is 36.2 Å². The monoisotopic (exact) mass is 262 g/mol. The first-order valence-corrected chi connectivity index (χ1v) is 6.17. The fourth-order valence-electron chi connectivity index (χ4n) is 2.56. The van der Waals surface area contributed by atoms with E-state index in [-0.39, 0.29) is 17.5 Å². The summed E-state index contributed by atoms with van der Waals surface area (Å²) in [5, 5.41) is 11.9. The molecular weight excluding hydrogens is 248 g/mol. The molecule has 1 amide bonds. The minimum absolute atomic E-state index is 0.0287. The number of nitrogens with zero attached hydrogens (tertiary/aromatic N) is 1. The van der Waals surface area contributed by atoms with Crippen LogP contribution in [0.4, 0.5) is 11.4 Å². The van der Waals surface area contributed by atoms with Crippen molar-refractivity contribution in [3.05, 3.63) is 23.8 Å². The summed E-state index contributed by atoms with van der Waals surface area (Å²) in [6, 6.07) is 4.73. The van der Waals surface area contributed by atoms with Crippen LogP contribution in [0, 0.1) is 0 Å². The lowest BCUT2D eigenvalue weighted by Crippen LogP contribution is -2.45. The minimum Gasteiger partial charge on any atom is -0.478 e. The molecule has 6 nitrogen and oxygen atoms in total. The number of hydrogen-bond donors (Lipinski definition) is 2. The van der Waals surface area contributed by atoms with Gasteiger partial charge in [0.2, 0.25) is 5.91 Å². The number of anilines is 2. The molecular formula is C13H14N2O4. The van der Waals surface area contributed by atoms with Gasteiger partial charge < -0.3 is 20.1 Å². The highest BCUT2D eigenvalue weighted by Gasteiger charge is 2.31. The Labute approximate surface area is 110 Å². The highest BCUT2D eigenvalue weighted by molar-refractivity contribution is 5.99. The average molecular weight is 262 g/mol. The van der Waals surface area contributed by atoms with E-state index in [4.69, 9.17) is 9.84 Å². The first kappa shape index (κ1) is 12.0. The van der Waals surface area contributed by atoms with Crippen molar-refractivity contribution in [1.82, 2.24) is 0 Å². The van der Waals surface area contributed by atoms with Gasteiger partial charge in [-0.25, -0.2) is 4.79 Å². The van der Waals surface area contributed by atoms with Crippen LogP contribution >= 0.6 is 0 Å². The van der Waals surface area contributed by atoms with Gasteiger partial charge in [-0.05, 0) is 18.2 Å². The smallest absolute Gasteiger partial charge is 0.335 e. The van der Waals surface area contributed by atoms with Crippen molar-refractivity contribution in [2.45, 2.75) is 12.5 Å². The Hall–Kier alpha value is -2.08. The number of hydrogen-bond acceptors (Lipinski definition) is 4. The molecule has 0 spiro atoms. The highest BCUT2D eigenvalue weighted by atomic mass is 16.5. The largest absolute Gasteiger partial charge is 0.478 e. The molecule has 1 unspecified atom stereocenters. The summed E-state index contributed by atoms with van der Waals surface area (Å²) in [6.45, 7) is 1.74. The number of rotatable bonds is 1. The second-order valence-corrected chi connectivity index (χ2v) is 4.71. The van der Waals surface area contributed by atoms with Gasteiger partial charge in [0.25, 0.3) is 0 Å². The highest BCUT2D eigenvalue weighted by Crippen LogP contribution is 2.33. The maximum atomic E-state index is 11.8. The van der Waals surface area contributed by atoms with Crippen LogP contribution in [0.25, 0.3) is 0 Å². The molecule has 2 heterocycles. The van der Waals surface area contributed by atoms with Crippen molar-refractivity contribution in [3.8, 4) is 0 Å². The van der Waals surface area contributed by atoms with Crippen LogP contribution in [0.5, 0.6) is 0 Å². The summed E-state index contributed by atoms with van der Waals surface area (Å²) >= 11 is 0. The van der Waals surface area contributed by atoms with Crippen LogP contribution in [-0.4, -0.2) is 42.8 Å². The Morgan fingerprint density at radius 1 is 1.47 bits per heavy atom. The molecule has 1 saturated heterocycles. The van der Waals surface area contributed by atoms with Crippen LogP contribution in [-0.2, 0) is 9.53 Å². The topological polar surface area (TPSA) is 78.9 Å². The molecule has 2 N–H and O–H groups in total. The fourth-order valence-corrected chi connectivity index (χ4v) is 2.56. The summed E-state index contributed by atoms with van der Waals surface area (Å²) in [5.74, 6) is -1.04. The van der Waals surface area contributed by atoms with E-state index in [0.29, 0.717) is 31.9 Å². The molecule has 0 aliphatic carbocycles. The summed E-state index contributed by atoms with van der Waals surface area (Å²) in [7, 11) is 0. The second kappa shape index (κ2) is 4.55. The van der Waals surface area contributed by atoms with E-state index in [1.54, 1.807) is 12.1 Å². The Kier molecular flexibility index (Phi) is 2.87. The fraction of sp³-hybridized carbons (Fsp3) is 0.385. The van der Waals surface area contributed by atoms with Crippen molar-refractivity contribution in [2.75, 3.05) is 30.0 Å². The lowest BCUT2D eigenvalue weighted by Gasteiger charge is -2.36. The third kappa shape index (κ3) is 2.15. The maximum absolute atomic E-state index is 11.8. The van der Waals surface area contributed by atoms with Crippen molar-refractivity contribution in [3.63, 3.8) is 0 Å². The van der Waals surface area contributed by atoms with E-state index in [2.05, 4.69) is 10.2 Å². The summed E-state index contributed by atoms with van der Waals surface area (Å²) in [6.07, 6.45) is 0.358. The summed E-state index contributed by atoms with van der Waals surface area (Å²) < 4.78 is 5.40. The number of carboxylic acid groups (broad SMARTS) is 1. The van der Waals surface area contributed by atoms with Gasteiger partial charge in [0.1, 0.15) is 0 Å². The maximum Gasteiger partial charge on any atom is 0.335 e. The van der Waals surface area contributed by atoms with Gasteiger partial charge in [0.15, 0.2) is 0 Å². The summed E-state index contributed by atoms with van der Waals surface area (Å²) in [5.41, 5.74) is 1.65. The molecule has 19 heavy (non-hydrogen) atoms. The first-order valence-electron chi connectivity index (χ1n) is 6.17. The van der Waals surface area contributed by atoms with Crippen LogP contribution < -0.4 is 10.2 Å². The molecule has 2 aliphatic heterocycles. The second-order valence-electron chi connectivity index (χ2n) is 4.71. The molecule has 1 atom stereocenters. The van der Waals surface area contributed by atoms with E-state index in [1.165, 1.54) is 6.07 Å². The number of nitrogens with one attached hydrogen (secondary N) is 1. The molecule has 100 valence electrons. The van der Waals surface area contributed by atoms with Crippen molar-refractivity contribution in [2.24, 2.45) is 0 Å². The van der Waals surface area contributed by atoms with Gasteiger partial charge in [-0.3, -0.25) is 4.79 Å². The number of benzene rings is 1. The Morgan fingerprint density at radius 2 is 2.32 bits per heavy atom. The third-order valence-corrected chi connectivity index (χ3v) is 3.48. The van der Waals surface area contributed by atoms with E-state index in [0.717, 1.165) is 5.69 Å². The number of carbonyl (C=O) groups excluding carboxylic acids is 1. The number of morpholine rings is 1. The lowest BCUT2D eigenvalue weighted by molar-refractivity contribution is -0.116. The van der Waals surface area contributed by atoms with Gasteiger partial charge in [0, 0.05) is 13.0 Å². The van der Waals surface area contributed by atoms with Crippen LogP contribution in [0.15, 0.2) is 18.2 Å². The molecule has 2 aliphatic rings. The molecule has 1 fully saturated rings. The van der Waals surface area contributed by atoms with Crippen LogP contribution in [0.3, 0.4) is 0 Å². The molecule has 0 radical (unpaired) electrons. The number of aromatic carboxylic acids is 1. The zero-order chi connectivity index (χ0) is 13.4. The standard InChI is InChI=1S/C13H14N2O4/c16-12-6-9-7-19-4-3-15(9)11-5-8(13(17)18)1-2-10(11)14-12/h1-2,5,9H,3-4,6-7H2,(H,14,16)(H,17,18). The van der Waals surface area contributed by atoms with Gasteiger partial charge in [-0.2, -0.15) is 0 Å². The molecule has 0 aromatic heterocycles. The lowest BCUT2D eigenvalue weighted by atomic mass is 10.1. The van der Waals surface area contributed by atoms with Crippen molar-refractivity contribution >= 4 is 23.3 Å². The SMILES string of the molecule is O=C1CC2COCCN2c2cc(C(=O)O)ccc2N1. The molecule has 0 bridgehead atoms. The molecule has 1 aromatic rings. The number of carbonyl (C=O) groups is 2. The quantitative estimate of drug-likeness (QED) is 0.787. The Balaban J connectivity index is 2.07. The molecule has 3 rings (SSSR count). The predicted octanol–water partition coefficient (Wildman–Crippen LogP) is 0.932. The number of amides is 1. The summed E-state index contributed by atoms with van der Waals surface area (Å²) in [4.78, 5) is 24.9. The normalized spacial score (nSPS) is 22.0. The zero-order valence-electron chi connectivity index (χ0n) is 10.3. The van der Waals surface area contributed by atoms with Gasteiger partial charge >= 0.3 is 5.97 Å². The number of ether oxygens (including phenoxy) is 1. The molecule has 0 saturated carbocycles. The number of fused-ring (bicyclic) bond motifs is 3. The molecule has 6 heteroatoms. The molecule has 1 aromatic carbocycles. The average Bonchev–Trinajstić information content (AvgIpc) is 2.53. The van der Waals surface area contributed by atoms with Gasteiger partial charge in [-0.15, -0.1) is 0 Å². The van der Waals surface area contributed by atoms with Crippen molar-refractivity contribution in [1.29, 1.82) is 0 Å². The van der Waals surface area contributed by atoms with E-state index >= 15 is 0 Å². The van der Waals surface area contributed by atoms with Crippen LogP contribution in [0.1, 0.15) is 16.8 Å². The Bertz CT molecular complexity index is 543. The predicted molar refractivity (Wildman–Crippen MR) is 68.6 cm³/mol. The van der Waals surface area contributed by atoms with E-state index in [9.17, 15) is 9.59 Å². The van der Waals surface area contributed by atoms with Gasteiger partial charge in [-0.1, -0.05) is 0 Å². The Morgan fingerprint density at radius 3 is 3.11 bits per heavy atom. The number of carboxylic acids is 1. The zero-order valence-corrected chi connectivity index (χ0v) is 10.3. The minimum atomic E-state index is -0.969. The third-order valence-electron chi connectivity index (χ3n) is 3.48. The first-order chi connectivity index (χ1) is 9.15. The van der Waals surface area contributed by atoms with Crippen molar-refractivity contribution < 1.29 is 19.4 Å². The van der Waals surface area contributed by atoms with E-state index < -0.39 is 5.97 Å². The van der Waals surface area contributed by atoms with Crippen LogP contribution in [0.2, 0.25) is 0 Å². The van der Waals surface area contributed by atoms with E-state index in [1.807, 2.05) is 0 Å².